The maximum atomic E-state index is 12.9. The molecule has 12 heteroatoms. The number of hydrazine groups is 1. The van der Waals surface area contributed by atoms with Gasteiger partial charge in [0.25, 0.3) is 15.9 Å². The Hall–Kier alpha value is -2.41. The Labute approximate surface area is 206 Å². The van der Waals surface area contributed by atoms with Crippen molar-refractivity contribution in [2.24, 2.45) is 0 Å². The summed E-state index contributed by atoms with van der Waals surface area (Å²) in [5, 5.41) is 3.27. The number of amides is 1. The van der Waals surface area contributed by atoms with Crippen LogP contribution in [-0.2, 0) is 14.8 Å². The van der Waals surface area contributed by atoms with Crippen molar-refractivity contribution in [3.8, 4) is 5.75 Å². The second-order valence-corrected chi connectivity index (χ2v) is 10.1. The molecule has 1 aliphatic rings. The Bertz CT molecular complexity index is 1090. The van der Waals surface area contributed by atoms with Gasteiger partial charge < -0.3 is 14.8 Å². The van der Waals surface area contributed by atoms with Crippen molar-refractivity contribution in [3.05, 3.63) is 52.5 Å². The van der Waals surface area contributed by atoms with E-state index in [1.165, 1.54) is 30.3 Å². The molecule has 0 saturated carbocycles. The standard InChI is InChI=1S/C21H25BrN4O5S2/c1-2-30-18-10-7-15(22)12-19(18)33(28,29)26-16-8-5-14(6-9-16)20(27)24-25-21(32)23-13-17-4-3-11-31-17/h5-10,12,17,26H,2-4,11,13H2,1H3,(H,24,27)(H2,23,25,32). The van der Waals surface area contributed by atoms with Gasteiger partial charge in [-0.3, -0.25) is 20.4 Å². The van der Waals surface area contributed by atoms with Crippen LogP contribution in [0, 0.1) is 0 Å². The molecule has 0 spiro atoms. The van der Waals surface area contributed by atoms with Crippen molar-refractivity contribution < 1.29 is 22.7 Å². The minimum atomic E-state index is -3.91. The lowest BCUT2D eigenvalue weighted by Crippen LogP contribution is -2.48. The summed E-state index contributed by atoms with van der Waals surface area (Å²) < 4.78 is 39.8. The maximum Gasteiger partial charge on any atom is 0.269 e. The van der Waals surface area contributed by atoms with E-state index in [1.807, 2.05) is 0 Å². The molecule has 2 aromatic rings. The summed E-state index contributed by atoms with van der Waals surface area (Å²) >= 11 is 8.42. The number of hydrogen-bond donors (Lipinski definition) is 4. The van der Waals surface area contributed by atoms with Crippen LogP contribution in [-0.4, -0.2) is 45.3 Å². The molecule has 3 rings (SSSR count). The van der Waals surface area contributed by atoms with Crippen LogP contribution in [0.2, 0.25) is 0 Å². The van der Waals surface area contributed by atoms with Gasteiger partial charge in [-0.05, 0) is 74.4 Å². The Morgan fingerprint density at radius 2 is 1.97 bits per heavy atom. The highest BCUT2D eigenvalue weighted by Gasteiger charge is 2.21. The van der Waals surface area contributed by atoms with Crippen LogP contribution in [0.15, 0.2) is 51.8 Å². The van der Waals surface area contributed by atoms with Gasteiger partial charge in [-0.2, -0.15) is 0 Å². The van der Waals surface area contributed by atoms with Crippen LogP contribution in [0.1, 0.15) is 30.1 Å². The lowest BCUT2D eigenvalue weighted by atomic mass is 10.2. The molecule has 1 heterocycles. The smallest absolute Gasteiger partial charge is 0.269 e. The normalized spacial score (nSPS) is 15.5. The lowest BCUT2D eigenvalue weighted by Gasteiger charge is -2.15. The van der Waals surface area contributed by atoms with E-state index in [4.69, 9.17) is 21.7 Å². The van der Waals surface area contributed by atoms with Crippen molar-refractivity contribution in [2.75, 3.05) is 24.5 Å². The van der Waals surface area contributed by atoms with E-state index in [0.29, 0.717) is 28.9 Å². The molecule has 9 nitrogen and oxygen atoms in total. The zero-order valence-electron chi connectivity index (χ0n) is 17.9. The molecular weight excluding hydrogens is 532 g/mol. The van der Waals surface area contributed by atoms with Crippen molar-refractivity contribution in [2.45, 2.75) is 30.8 Å². The van der Waals surface area contributed by atoms with E-state index in [0.717, 1.165) is 19.4 Å². The predicted molar refractivity (Wildman–Crippen MR) is 133 cm³/mol. The zero-order valence-corrected chi connectivity index (χ0v) is 21.1. The molecule has 1 amide bonds. The topological polar surface area (TPSA) is 118 Å². The number of anilines is 1. The molecule has 1 unspecified atom stereocenters. The number of carbonyl (C=O) groups is 1. The summed E-state index contributed by atoms with van der Waals surface area (Å²) in [4.78, 5) is 12.3. The molecular formula is C21H25BrN4O5S2. The first kappa shape index (κ1) is 25.2. The predicted octanol–water partition coefficient (Wildman–Crippen LogP) is 2.94. The van der Waals surface area contributed by atoms with E-state index >= 15 is 0 Å². The second-order valence-electron chi connectivity index (χ2n) is 7.13. The van der Waals surface area contributed by atoms with Crippen LogP contribution < -0.4 is 25.6 Å². The van der Waals surface area contributed by atoms with Gasteiger partial charge in [0.2, 0.25) is 0 Å². The number of thiocarbonyl (C=S) groups is 1. The first-order valence-electron chi connectivity index (χ1n) is 10.3. The minimum absolute atomic E-state index is 0.00811. The van der Waals surface area contributed by atoms with Crippen molar-refractivity contribution in [1.29, 1.82) is 0 Å². The van der Waals surface area contributed by atoms with Gasteiger partial charge in [0, 0.05) is 28.9 Å². The van der Waals surface area contributed by atoms with Crippen LogP contribution in [0.4, 0.5) is 5.69 Å². The number of nitrogens with one attached hydrogen (secondary N) is 4. The minimum Gasteiger partial charge on any atom is -0.492 e. The molecule has 0 bridgehead atoms. The Morgan fingerprint density at radius 3 is 2.64 bits per heavy atom. The average Bonchev–Trinajstić information content (AvgIpc) is 3.31. The fourth-order valence-corrected chi connectivity index (χ4v) is 4.99. The number of rotatable bonds is 8. The van der Waals surface area contributed by atoms with E-state index in [-0.39, 0.29) is 21.9 Å². The summed E-state index contributed by atoms with van der Waals surface area (Å²) in [7, 11) is -3.91. The molecule has 1 saturated heterocycles. The van der Waals surface area contributed by atoms with Crippen molar-refractivity contribution >= 4 is 54.9 Å². The second kappa shape index (κ2) is 11.6. The van der Waals surface area contributed by atoms with Gasteiger partial charge in [0.05, 0.1) is 12.7 Å². The van der Waals surface area contributed by atoms with Crippen LogP contribution in [0.25, 0.3) is 0 Å². The molecule has 2 aromatic carbocycles. The van der Waals surface area contributed by atoms with Gasteiger partial charge in [-0.15, -0.1) is 0 Å². The monoisotopic (exact) mass is 556 g/mol. The number of ether oxygens (including phenoxy) is 2. The molecule has 33 heavy (non-hydrogen) atoms. The van der Waals surface area contributed by atoms with Gasteiger partial charge >= 0.3 is 0 Å². The third kappa shape index (κ3) is 7.29. The number of halogens is 1. The SMILES string of the molecule is CCOc1ccc(Br)cc1S(=O)(=O)Nc1ccc(C(=O)NNC(=S)NCC2CCCO2)cc1. The molecule has 1 fully saturated rings. The highest BCUT2D eigenvalue weighted by atomic mass is 79.9. The Balaban J connectivity index is 1.56. The molecule has 178 valence electrons. The summed E-state index contributed by atoms with van der Waals surface area (Å²) in [6.07, 6.45) is 2.14. The highest BCUT2D eigenvalue weighted by Crippen LogP contribution is 2.29. The van der Waals surface area contributed by atoms with Crippen LogP contribution >= 0.6 is 28.1 Å². The zero-order chi connectivity index (χ0) is 23.8. The average molecular weight is 557 g/mol. The van der Waals surface area contributed by atoms with E-state index in [9.17, 15) is 13.2 Å². The Kier molecular flexibility index (Phi) is 8.89. The molecule has 1 aliphatic heterocycles. The van der Waals surface area contributed by atoms with E-state index in [2.05, 4.69) is 36.8 Å². The summed E-state index contributed by atoms with van der Waals surface area (Å²) in [6.45, 7) is 3.43. The third-order valence-electron chi connectivity index (χ3n) is 4.70. The summed E-state index contributed by atoms with van der Waals surface area (Å²) in [5.74, 6) is -0.171. The molecule has 0 radical (unpaired) electrons. The van der Waals surface area contributed by atoms with Crippen LogP contribution in [0.5, 0.6) is 5.75 Å². The van der Waals surface area contributed by atoms with Gasteiger partial charge in [0.15, 0.2) is 5.11 Å². The third-order valence-corrected chi connectivity index (χ3v) is 6.84. The fourth-order valence-electron chi connectivity index (χ4n) is 3.11. The summed E-state index contributed by atoms with van der Waals surface area (Å²) in [6, 6.07) is 10.8. The maximum absolute atomic E-state index is 12.9. The molecule has 1 atom stereocenters. The quantitative estimate of drug-likeness (QED) is 0.289. The van der Waals surface area contributed by atoms with Gasteiger partial charge in [0.1, 0.15) is 10.6 Å². The van der Waals surface area contributed by atoms with Gasteiger partial charge in [-0.1, -0.05) is 15.9 Å². The van der Waals surface area contributed by atoms with Gasteiger partial charge in [-0.25, -0.2) is 8.42 Å². The number of hydrogen-bond acceptors (Lipinski definition) is 6. The number of benzene rings is 2. The summed E-state index contributed by atoms with van der Waals surface area (Å²) in [5.41, 5.74) is 5.77. The molecule has 0 aromatic heterocycles. The lowest BCUT2D eigenvalue weighted by molar-refractivity contribution is 0.0943. The van der Waals surface area contributed by atoms with Crippen molar-refractivity contribution in [1.82, 2.24) is 16.2 Å². The van der Waals surface area contributed by atoms with Crippen LogP contribution in [0.3, 0.4) is 0 Å². The fraction of sp³-hybridized carbons (Fsp3) is 0.333. The Morgan fingerprint density at radius 1 is 1.21 bits per heavy atom. The highest BCUT2D eigenvalue weighted by molar-refractivity contribution is 9.10. The molecule has 0 aliphatic carbocycles. The first-order chi connectivity index (χ1) is 15.8. The van der Waals surface area contributed by atoms with E-state index in [1.54, 1.807) is 19.1 Å². The van der Waals surface area contributed by atoms with E-state index < -0.39 is 15.9 Å². The number of carbonyl (C=O) groups excluding carboxylic acids is 1. The molecule has 4 N–H and O–H groups in total. The number of sulfonamides is 1. The van der Waals surface area contributed by atoms with Crippen molar-refractivity contribution in [3.63, 3.8) is 0 Å². The first-order valence-corrected chi connectivity index (χ1v) is 13.0. The largest absolute Gasteiger partial charge is 0.492 e.